The molecule has 2 fully saturated rings. The minimum atomic E-state index is -4.44. The number of alkyl halides is 3. The van der Waals surface area contributed by atoms with E-state index < -0.39 is 11.7 Å². The average Bonchev–Trinajstić information content (AvgIpc) is 3.16. The molecule has 1 atom stereocenters. The van der Waals surface area contributed by atoms with Gasteiger partial charge in [-0.1, -0.05) is 12.1 Å². The number of carbonyl (C=O) groups excluding carboxylic acids is 1. The van der Waals surface area contributed by atoms with Crippen molar-refractivity contribution in [3.8, 4) is 11.8 Å². The summed E-state index contributed by atoms with van der Waals surface area (Å²) in [5.74, 6) is -0.195. The van der Waals surface area contributed by atoms with Crippen molar-refractivity contribution in [3.63, 3.8) is 0 Å². The van der Waals surface area contributed by atoms with Gasteiger partial charge in [-0.25, -0.2) is 0 Å². The van der Waals surface area contributed by atoms with E-state index in [0.29, 0.717) is 19.4 Å². The standard InChI is InChI=1S/C20H24F3N3O2/c21-20(22,23)17-5-1-2-6-18(17)28-16-9-7-14(8-10-16)25-13-19(27)26-11-3-4-15(26)12-24/h1-2,5-6,14-16,25H,3-4,7-11,13H2. The van der Waals surface area contributed by atoms with Gasteiger partial charge >= 0.3 is 6.18 Å². The second-order valence-electron chi connectivity index (χ2n) is 7.34. The molecule has 1 aliphatic heterocycles. The number of halogens is 3. The maximum Gasteiger partial charge on any atom is 0.419 e. The van der Waals surface area contributed by atoms with E-state index in [4.69, 9.17) is 10.00 Å². The molecule has 1 N–H and O–H groups in total. The van der Waals surface area contributed by atoms with Crippen molar-refractivity contribution in [1.82, 2.24) is 10.2 Å². The summed E-state index contributed by atoms with van der Waals surface area (Å²) in [5.41, 5.74) is -0.751. The Labute approximate surface area is 162 Å². The van der Waals surface area contributed by atoms with Gasteiger partial charge in [0.1, 0.15) is 11.8 Å². The smallest absolute Gasteiger partial charge is 0.419 e. The van der Waals surface area contributed by atoms with E-state index in [1.165, 1.54) is 18.2 Å². The second kappa shape index (κ2) is 8.82. The summed E-state index contributed by atoms with van der Waals surface area (Å²) in [4.78, 5) is 13.9. The summed E-state index contributed by atoms with van der Waals surface area (Å²) in [6, 6.07) is 7.23. The Morgan fingerprint density at radius 3 is 2.61 bits per heavy atom. The van der Waals surface area contributed by atoms with Crippen LogP contribution in [0.15, 0.2) is 24.3 Å². The summed E-state index contributed by atoms with van der Waals surface area (Å²) in [5, 5.41) is 12.3. The lowest BCUT2D eigenvalue weighted by Crippen LogP contribution is -2.45. The molecule has 1 aromatic rings. The Balaban J connectivity index is 1.45. The number of amides is 1. The van der Waals surface area contributed by atoms with Crippen LogP contribution in [-0.2, 0) is 11.0 Å². The van der Waals surface area contributed by atoms with Crippen LogP contribution in [0.25, 0.3) is 0 Å². The first-order valence-electron chi connectivity index (χ1n) is 9.64. The Morgan fingerprint density at radius 1 is 1.21 bits per heavy atom. The Kier molecular flexibility index (Phi) is 6.45. The third-order valence-corrected chi connectivity index (χ3v) is 5.42. The third kappa shape index (κ3) is 4.96. The topological polar surface area (TPSA) is 65.4 Å². The molecule has 0 radical (unpaired) electrons. The quantitative estimate of drug-likeness (QED) is 0.829. The van der Waals surface area contributed by atoms with Crippen LogP contribution in [0.3, 0.4) is 0 Å². The molecule has 0 bridgehead atoms. The Morgan fingerprint density at radius 2 is 1.93 bits per heavy atom. The average molecular weight is 395 g/mol. The fourth-order valence-electron chi connectivity index (χ4n) is 3.90. The van der Waals surface area contributed by atoms with Crippen LogP contribution in [0.2, 0.25) is 0 Å². The lowest BCUT2D eigenvalue weighted by Gasteiger charge is -2.30. The summed E-state index contributed by atoms with van der Waals surface area (Å²) < 4.78 is 44.9. The number of ether oxygens (including phenoxy) is 1. The number of nitrogens with zero attached hydrogens (tertiary/aromatic N) is 2. The zero-order valence-electron chi connectivity index (χ0n) is 15.5. The maximum absolute atomic E-state index is 13.1. The van der Waals surface area contributed by atoms with Gasteiger partial charge in [0.15, 0.2) is 0 Å². The van der Waals surface area contributed by atoms with Gasteiger partial charge in [-0.15, -0.1) is 0 Å². The van der Waals surface area contributed by atoms with Crippen LogP contribution in [-0.4, -0.2) is 42.1 Å². The lowest BCUT2D eigenvalue weighted by molar-refractivity contribution is -0.139. The van der Waals surface area contributed by atoms with Gasteiger partial charge < -0.3 is 15.0 Å². The molecule has 8 heteroatoms. The SMILES string of the molecule is N#CC1CCCN1C(=O)CNC1CCC(Oc2ccccc2C(F)(F)F)CC1. The minimum absolute atomic E-state index is 0.0680. The van der Waals surface area contributed by atoms with Crippen molar-refractivity contribution in [3.05, 3.63) is 29.8 Å². The van der Waals surface area contributed by atoms with Crippen LogP contribution in [0.1, 0.15) is 44.1 Å². The number of likely N-dealkylation sites (tertiary alicyclic amines) is 1. The summed E-state index contributed by atoms with van der Waals surface area (Å²) in [6.07, 6.45) is -0.409. The normalized spacial score (nSPS) is 25.4. The number of carbonyl (C=O) groups is 1. The highest BCUT2D eigenvalue weighted by atomic mass is 19.4. The first-order chi connectivity index (χ1) is 13.4. The van der Waals surface area contributed by atoms with Gasteiger partial charge in [0.05, 0.1) is 24.3 Å². The van der Waals surface area contributed by atoms with E-state index >= 15 is 0 Å². The number of benzene rings is 1. The molecular formula is C20H24F3N3O2. The molecule has 0 aromatic heterocycles. The maximum atomic E-state index is 13.1. The zero-order valence-corrected chi connectivity index (χ0v) is 15.5. The zero-order chi connectivity index (χ0) is 20.1. The van der Waals surface area contributed by atoms with Gasteiger partial charge in [-0.05, 0) is 50.7 Å². The molecule has 152 valence electrons. The van der Waals surface area contributed by atoms with Crippen LogP contribution >= 0.6 is 0 Å². The van der Waals surface area contributed by atoms with Crippen molar-refractivity contribution >= 4 is 5.91 Å². The third-order valence-electron chi connectivity index (χ3n) is 5.42. The number of para-hydroxylation sites is 1. The monoisotopic (exact) mass is 395 g/mol. The van der Waals surface area contributed by atoms with Crippen LogP contribution < -0.4 is 10.1 Å². The van der Waals surface area contributed by atoms with Crippen molar-refractivity contribution in [2.45, 2.75) is 62.9 Å². The van der Waals surface area contributed by atoms with Crippen molar-refractivity contribution < 1.29 is 22.7 Å². The van der Waals surface area contributed by atoms with E-state index in [1.54, 1.807) is 4.90 Å². The summed E-state index contributed by atoms with van der Waals surface area (Å²) >= 11 is 0. The molecule has 1 unspecified atom stereocenters. The summed E-state index contributed by atoms with van der Waals surface area (Å²) in [6.45, 7) is 0.809. The van der Waals surface area contributed by atoms with Crippen LogP contribution in [0.5, 0.6) is 5.75 Å². The number of nitriles is 1. The van der Waals surface area contributed by atoms with Crippen molar-refractivity contribution in [1.29, 1.82) is 5.26 Å². The Hall–Kier alpha value is -2.27. The first-order valence-corrected chi connectivity index (χ1v) is 9.64. The van der Waals surface area contributed by atoms with Gasteiger partial charge in [-0.2, -0.15) is 18.4 Å². The van der Waals surface area contributed by atoms with Crippen molar-refractivity contribution in [2.24, 2.45) is 0 Å². The van der Waals surface area contributed by atoms with E-state index in [-0.39, 0.29) is 36.4 Å². The molecule has 1 saturated carbocycles. The fourth-order valence-corrected chi connectivity index (χ4v) is 3.90. The van der Waals surface area contributed by atoms with E-state index in [0.717, 1.165) is 31.7 Å². The molecule has 5 nitrogen and oxygen atoms in total. The van der Waals surface area contributed by atoms with Gasteiger partial charge in [0, 0.05) is 12.6 Å². The van der Waals surface area contributed by atoms with E-state index in [1.807, 2.05) is 0 Å². The highest BCUT2D eigenvalue weighted by Gasteiger charge is 2.35. The molecule has 3 rings (SSSR count). The van der Waals surface area contributed by atoms with Gasteiger partial charge in [0.25, 0.3) is 0 Å². The molecule has 1 amide bonds. The Bertz CT molecular complexity index is 724. The molecule has 1 saturated heterocycles. The minimum Gasteiger partial charge on any atom is -0.490 e. The lowest BCUT2D eigenvalue weighted by atomic mass is 9.93. The number of rotatable bonds is 5. The van der Waals surface area contributed by atoms with Gasteiger partial charge in [0.2, 0.25) is 5.91 Å². The number of hydrogen-bond donors (Lipinski definition) is 1. The fraction of sp³-hybridized carbons (Fsp3) is 0.600. The molecule has 1 aromatic carbocycles. The second-order valence-corrected chi connectivity index (χ2v) is 7.34. The number of nitrogens with one attached hydrogen (secondary N) is 1. The largest absolute Gasteiger partial charge is 0.490 e. The predicted octanol–water partition coefficient (Wildman–Crippen LogP) is 3.50. The number of hydrogen-bond acceptors (Lipinski definition) is 4. The predicted molar refractivity (Wildman–Crippen MR) is 96.5 cm³/mol. The molecule has 28 heavy (non-hydrogen) atoms. The summed E-state index contributed by atoms with van der Waals surface area (Å²) in [7, 11) is 0. The highest BCUT2D eigenvalue weighted by Crippen LogP contribution is 2.37. The molecule has 1 aliphatic carbocycles. The molecule has 1 heterocycles. The van der Waals surface area contributed by atoms with Crippen LogP contribution in [0, 0.1) is 11.3 Å². The van der Waals surface area contributed by atoms with Gasteiger partial charge in [-0.3, -0.25) is 4.79 Å². The first kappa shape index (κ1) is 20.5. The van der Waals surface area contributed by atoms with E-state index in [9.17, 15) is 18.0 Å². The van der Waals surface area contributed by atoms with Crippen LogP contribution in [0.4, 0.5) is 13.2 Å². The van der Waals surface area contributed by atoms with E-state index in [2.05, 4.69) is 11.4 Å². The molecular weight excluding hydrogens is 371 g/mol. The highest BCUT2D eigenvalue weighted by molar-refractivity contribution is 5.79. The van der Waals surface area contributed by atoms with Crippen molar-refractivity contribution in [2.75, 3.05) is 13.1 Å². The molecule has 0 spiro atoms. The molecule has 2 aliphatic rings.